The van der Waals surface area contributed by atoms with Gasteiger partial charge in [-0.1, -0.05) is 0 Å². The first-order valence-electron chi connectivity index (χ1n) is 3.50. The quantitative estimate of drug-likeness (QED) is 0.586. The van der Waals surface area contributed by atoms with Crippen molar-refractivity contribution in [1.29, 1.82) is 0 Å². The van der Waals surface area contributed by atoms with Gasteiger partial charge in [0, 0.05) is 18.9 Å². The Hall–Kier alpha value is -1.31. The van der Waals surface area contributed by atoms with Gasteiger partial charge in [-0.05, 0) is 31.2 Å². The third kappa shape index (κ3) is 2.08. The van der Waals surface area contributed by atoms with E-state index in [1.807, 2.05) is 36.0 Å². The molecule has 0 unspecified atom stereocenters. The summed E-state index contributed by atoms with van der Waals surface area (Å²) in [4.78, 5) is 10.6. The summed E-state index contributed by atoms with van der Waals surface area (Å²) in [6, 6.07) is 3.90. The predicted octanol–water partition coefficient (Wildman–Crippen LogP) is 1.63. The molecule has 0 aliphatic heterocycles. The molecule has 1 heterocycles. The van der Waals surface area contributed by atoms with Crippen molar-refractivity contribution in [3.8, 4) is 0 Å². The highest BCUT2D eigenvalue weighted by atomic mass is 16.1. The van der Waals surface area contributed by atoms with Crippen LogP contribution < -0.4 is 0 Å². The molecule has 58 valence electrons. The molecule has 0 saturated heterocycles. The SMILES string of the molecule is CC(=O)/C=C/c1cccn1C. The second-order valence-electron chi connectivity index (χ2n) is 2.49. The minimum atomic E-state index is 0.0752. The Morgan fingerprint density at radius 3 is 2.82 bits per heavy atom. The minimum absolute atomic E-state index is 0.0752. The summed E-state index contributed by atoms with van der Waals surface area (Å²) in [6.45, 7) is 1.54. The summed E-state index contributed by atoms with van der Waals surface area (Å²) in [5, 5.41) is 0. The topological polar surface area (TPSA) is 22.0 Å². The first-order chi connectivity index (χ1) is 5.20. The zero-order valence-corrected chi connectivity index (χ0v) is 6.74. The molecule has 0 spiro atoms. The van der Waals surface area contributed by atoms with Crippen LogP contribution in [0.25, 0.3) is 6.08 Å². The third-order valence-corrected chi connectivity index (χ3v) is 1.47. The Balaban J connectivity index is 2.79. The van der Waals surface area contributed by atoms with Gasteiger partial charge in [-0.3, -0.25) is 4.79 Å². The van der Waals surface area contributed by atoms with E-state index in [1.54, 1.807) is 13.0 Å². The van der Waals surface area contributed by atoms with Crippen molar-refractivity contribution >= 4 is 11.9 Å². The fourth-order valence-corrected chi connectivity index (χ4v) is 0.850. The van der Waals surface area contributed by atoms with Crippen molar-refractivity contribution < 1.29 is 4.79 Å². The smallest absolute Gasteiger partial charge is 0.152 e. The predicted molar refractivity (Wildman–Crippen MR) is 45.1 cm³/mol. The van der Waals surface area contributed by atoms with E-state index in [0.717, 1.165) is 5.69 Å². The molecule has 0 bridgehead atoms. The number of carbonyl (C=O) groups excluding carboxylic acids is 1. The van der Waals surface area contributed by atoms with Crippen LogP contribution in [0.3, 0.4) is 0 Å². The summed E-state index contributed by atoms with van der Waals surface area (Å²) in [7, 11) is 1.94. The van der Waals surface area contributed by atoms with Gasteiger partial charge in [0.1, 0.15) is 0 Å². The number of aryl methyl sites for hydroxylation is 1. The lowest BCUT2D eigenvalue weighted by atomic mass is 10.3. The molecular formula is C9H11NO. The molecule has 11 heavy (non-hydrogen) atoms. The second kappa shape index (κ2) is 3.19. The first kappa shape index (κ1) is 7.79. The molecule has 1 rings (SSSR count). The van der Waals surface area contributed by atoms with Crippen LogP contribution in [0.15, 0.2) is 24.4 Å². The maximum absolute atomic E-state index is 10.6. The average Bonchev–Trinajstić information content (AvgIpc) is 2.31. The summed E-state index contributed by atoms with van der Waals surface area (Å²) < 4.78 is 1.96. The van der Waals surface area contributed by atoms with Gasteiger partial charge in [0.15, 0.2) is 5.78 Å². The molecule has 0 aliphatic rings. The Morgan fingerprint density at radius 2 is 2.36 bits per heavy atom. The lowest BCUT2D eigenvalue weighted by molar-refractivity contribution is -0.112. The Kier molecular flexibility index (Phi) is 2.26. The normalized spacial score (nSPS) is 10.7. The van der Waals surface area contributed by atoms with Gasteiger partial charge in [0.2, 0.25) is 0 Å². The van der Waals surface area contributed by atoms with E-state index in [9.17, 15) is 4.79 Å². The summed E-state index contributed by atoms with van der Waals surface area (Å²) >= 11 is 0. The van der Waals surface area contributed by atoms with Crippen LogP contribution >= 0.6 is 0 Å². The van der Waals surface area contributed by atoms with Crippen LogP contribution in [0.1, 0.15) is 12.6 Å². The molecule has 1 aromatic rings. The van der Waals surface area contributed by atoms with E-state index in [1.165, 1.54) is 0 Å². The Labute approximate surface area is 66.1 Å². The van der Waals surface area contributed by atoms with Crippen LogP contribution in [0.2, 0.25) is 0 Å². The fraction of sp³-hybridized carbons (Fsp3) is 0.222. The van der Waals surface area contributed by atoms with Crippen molar-refractivity contribution in [2.75, 3.05) is 0 Å². The molecule has 0 amide bonds. The van der Waals surface area contributed by atoms with Crippen molar-refractivity contribution in [1.82, 2.24) is 4.57 Å². The highest BCUT2D eigenvalue weighted by molar-refractivity contribution is 5.91. The summed E-state index contributed by atoms with van der Waals surface area (Å²) in [5.74, 6) is 0.0752. The van der Waals surface area contributed by atoms with E-state index in [2.05, 4.69) is 0 Å². The largest absolute Gasteiger partial charge is 0.351 e. The lowest BCUT2D eigenvalue weighted by Crippen LogP contribution is -1.88. The van der Waals surface area contributed by atoms with Crippen LogP contribution in [0, 0.1) is 0 Å². The highest BCUT2D eigenvalue weighted by Crippen LogP contribution is 2.01. The van der Waals surface area contributed by atoms with E-state index < -0.39 is 0 Å². The monoisotopic (exact) mass is 149 g/mol. The van der Waals surface area contributed by atoms with Crippen molar-refractivity contribution in [2.24, 2.45) is 7.05 Å². The van der Waals surface area contributed by atoms with Gasteiger partial charge in [-0.15, -0.1) is 0 Å². The van der Waals surface area contributed by atoms with E-state index in [-0.39, 0.29) is 5.78 Å². The fourth-order valence-electron chi connectivity index (χ4n) is 0.850. The third-order valence-electron chi connectivity index (χ3n) is 1.47. The maximum Gasteiger partial charge on any atom is 0.152 e. The van der Waals surface area contributed by atoms with Gasteiger partial charge in [-0.25, -0.2) is 0 Å². The zero-order chi connectivity index (χ0) is 8.27. The molecule has 2 heteroatoms. The van der Waals surface area contributed by atoms with Crippen LogP contribution in [-0.2, 0) is 11.8 Å². The second-order valence-corrected chi connectivity index (χ2v) is 2.49. The van der Waals surface area contributed by atoms with Crippen LogP contribution in [0.4, 0.5) is 0 Å². The Morgan fingerprint density at radius 1 is 1.64 bits per heavy atom. The van der Waals surface area contributed by atoms with Gasteiger partial charge < -0.3 is 4.57 Å². The number of carbonyl (C=O) groups is 1. The van der Waals surface area contributed by atoms with Crippen LogP contribution in [-0.4, -0.2) is 10.4 Å². The summed E-state index contributed by atoms with van der Waals surface area (Å²) in [5.41, 5.74) is 1.04. The van der Waals surface area contributed by atoms with Crippen molar-refractivity contribution in [2.45, 2.75) is 6.92 Å². The Bertz CT molecular complexity index is 284. The minimum Gasteiger partial charge on any atom is -0.351 e. The van der Waals surface area contributed by atoms with E-state index >= 15 is 0 Å². The molecule has 2 nitrogen and oxygen atoms in total. The van der Waals surface area contributed by atoms with Gasteiger partial charge in [-0.2, -0.15) is 0 Å². The molecule has 0 aromatic carbocycles. The lowest BCUT2D eigenvalue weighted by Gasteiger charge is -1.93. The van der Waals surface area contributed by atoms with Gasteiger partial charge in [0.25, 0.3) is 0 Å². The molecule has 1 aromatic heterocycles. The van der Waals surface area contributed by atoms with Crippen LogP contribution in [0.5, 0.6) is 0 Å². The first-order valence-corrected chi connectivity index (χ1v) is 3.50. The number of rotatable bonds is 2. The number of hydrogen-bond acceptors (Lipinski definition) is 1. The summed E-state index contributed by atoms with van der Waals surface area (Å²) in [6.07, 6.45) is 5.32. The number of ketones is 1. The van der Waals surface area contributed by atoms with Crippen molar-refractivity contribution in [3.63, 3.8) is 0 Å². The zero-order valence-electron chi connectivity index (χ0n) is 6.74. The molecular weight excluding hydrogens is 138 g/mol. The van der Waals surface area contributed by atoms with Gasteiger partial charge in [0.05, 0.1) is 0 Å². The van der Waals surface area contributed by atoms with Crippen molar-refractivity contribution in [3.05, 3.63) is 30.1 Å². The number of nitrogens with zero attached hydrogens (tertiary/aromatic N) is 1. The molecule has 0 N–H and O–H groups in total. The molecule has 0 saturated carbocycles. The average molecular weight is 149 g/mol. The van der Waals surface area contributed by atoms with E-state index in [0.29, 0.717) is 0 Å². The molecule has 0 aliphatic carbocycles. The molecule has 0 radical (unpaired) electrons. The number of hydrogen-bond donors (Lipinski definition) is 0. The number of aromatic nitrogens is 1. The number of allylic oxidation sites excluding steroid dienone is 1. The molecule has 0 fully saturated rings. The van der Waals surface area contributed by atoms with E-state index in [4.69, 9.17) is 0 Å². The molecule has 0 atom stereocenters. The van der Waals surface area contributed by atoms with Gasteiger partial charge >= 0.3 is 0 Å². The standard InChI is InChI=1S/C9H11NO/c1-8(11)5-6-9-4-3-7-10(9)2/h3-7H,1-2H3/b6-5+. The highest BCUT2D eigenvalue weighted by Gasteiger charge is 1.90. The maximum atomic E-state index is 10.6.